The van der Waals surface area contributed by atoms with Crippen LogP contribution in [0, 0.1) is 22.0 Å². The van der Waals surface area contributed by atoms with Crippen molar-refractivity contribution in [2.75, 3.05) is 0 Å². The molecule has 0 aliphatic rings. The number of hydrogen-bond donors (Lipinski definition) is 0. The molecule has 2 aromatic carbocycles. The van der Waals surface area contributed by atoms with Crippen molar-refractivity contribution < 1.29 is 9.72 Å². The molecule has 0 atom stereocenters. The molecule has 0 bridgehead atoms. The van der Waals surface area contributed by atoms with Crippen molar-refractivity contribution in [3.63, 3.8) is 0 Å². The summed E-state index contributed by atoms with van der Waals surface area (Å²) < 4.78 is 0. The second-order valence-corrected chi connectivity index (χ2v) is 4.77. The first kappa shape index (κ1) is 15.5. The molecule has 0 radical (unpaired) electrons. The Hall–Kier alpha value is -2.93. The number of nitro groups is 1. The number of aryl methyl sites for hydroxylation is 1. The second-order valence-electron chi connectivity index (χ2n) is 4.77. The number of Topliss-reactive ketones (excluding diaryl/α,β-unsaturated/α-hetero) is 1. The van der Waals surface area contributed by atoms with Gasteiger partial charge in [0.2, 0.25) is 5.78 Å². The molecule has 22 heavy (non-hydrogen) atoms. The number of benzene rings is 2. The van der Waals surface area contributed by atoms with Crippen LogP contribution >= 0.6 is 0 Å². The maximum atomic E-state index is 11.8. The lowest BCUT2D eigenvalue weighted by atomic mass is 10.1. The first-order valence-electron chi connectivity index (χ1n) is 6.98. The van der Waals surface area contributed by atoms with E-state index in [1.165, 1.54) is 29.8 Å². The van der Waals surface area contributed by atoms with E-state index in [0.717, 1.165) is 12.8 Å². The smallest absolute Gasteiger partial charge is 0.269 e. The Bertz CT molecular complexity index is 709. The summed E-state index contributed by atoms with van der Waals surface area (Å²) in [5.41, 5.74) is 1.60. The fourth-order valence-electron chi connectivity index (χ4n) is 1.98. The summed E-state index contributed by atoms with van der Waals surface area (Å²) in [5, 5.41) is 10.5. The Labute approximate surface area is 128 Å². The molecule has 0 saturated carbocycles. The zero-order valence-corrected chi connectivity index (χ0v) is 12.0. The molecule has 0 heterocycles. The van der Waals surface area contributed by atoms with Gasteiger partial charge in [-0.3, -0.25) is 14.9 Å². The van der Waals surface area contributed by atoms with E-state index >= 15 is 0 Å². The molecule has 0 fully saturated rings. The van der Waals surface area contributed by atoms with Gasteiger partial charge in [-0.25, -0.2) is 0 Å². The number of carbonyl (C=O) groups excluding carboxylic acids is 1. The predicted molar refractivity (Wildman–Crippen MR) is 84.6 cm³/mol. The van der Waals surface area contributed by atoms with Crippen molar-refractivity contribution in [2.45, 2.75) is 19.3 Å². The minimum atomic E-state index is -0.497. The van der Waals surface area contributed by atoms with E-state index in [9.17, 15) is 14.9 Å². The highest BCUT2D eigenvalue weighted by Gasteiger charge is 2.07. The molecule has 0 N–H and O–H groups in total. The van der Waals surface area contributed by atoms with Crippen LogP contribution in [-0.4, -0.2) is 10.7 Å². The van der Waals surface area contributed by atoms with Gasteiger partial charge in [0, 0.05) is 24.1 Å². The molecule has 2 rings (SSSR count). The van der Waals surface area contributed by atoms with E-state index in [-0.39, 0.29) is 11.5 Å². The number of non-ortho nitro benzene ring substituents is 1. The zero-order chi connectivity index (χ0) is 15.8. The van der Waals surface area contributed by atoms with Crippen LogP contribution in [0.3, 0.4) is 0 Å². The van der Waals surface area contributed by atoms with Gasteiger partial charge in [0.1, 0.15) is 0 Å². The van der Waals surface area contributed by atoms with Crippen LogP contribution in [0.15, 0.2) is 54.6 Å². The van der Waals surface area contributed by atoms with Crippen LogP contribution in [0.2, 0.25) is 0 Å². The first-order chi connectivity index (χ1) is 10.7. The van der Waals surface area contributed by atoms with Gasteiger partial charge in [0.25, 0.3) is 5.69 Å². The van der Waals surface area contributed by atoms with E-state index in [0.29, 0.717) is 12.0 Å². The lowest BCUT2D eigenvalue weighted by Gasteiger charge is -1.97. The van der Waals surface area contributed by atoms with Gasteiger partial charge in [-0.1, -0.05) is 36.3 Å². The molecule has 0 aromatic heterocycles. The van der Waals surface area contributed by atoms with Crippen molar-refractivity contribution in [2.24, 2.45) is 0 Å². The number of ketones is 1. The number of hydrogen-bond acceptors (Lipinski definition) is 3. The van der Waals surface area contributed by atoms with Crippen molar-refractivity contribution >= 4 is 11.5 Å². The molecular formula is C18H15NO3. The number of unbranched alkanes of at least 4 members (excludes halogenated alkanes) is 1. The molecule has 4 nitrogen and oxygen atoms in total. The summed E-state index contributed by atoms with van der Waals surface area (Å²) >= 11 is 0. The van der Waals surface area contributed by atoms with Crippen molar-refractivity contribution in [1.29, 1.82) is 0 Å². The Morgan fingerprint density at radius 2 is 1.73 bits per heavy atom. The van der Waals surface area contributed by atoms with Gasteiger partial charge in [0.05, 0.1) is 4.92 Å². The first-order valence-corrected chi connectivity index (χ1v) is 6.98. The highest BCUT2D eigenvalue weighted by molar-refractivity contribution is 6.09. The van der Waals surface area contributed by atoms with Gasteiger partial charge in [-0.05, 0) is 36.5 Å². The summed E-state index contributed by atoms with van der Waals surface area (Å²) in [6.45, 7) is 0. The van der Waals surface area contributed by atoms with Crippen LogP contribution in [0.4, 0.5) is 5.69 Å². The van der Waals surface area contributed by atoms with E-state index in [1.54, 1.807) is 0 Å². The van der Waals surface area contributed by atoms with Crippen molar-refractivity contribution in [3.05, 3.63) is 75.8 Å². The minimum absolute atomic E-state index is 0.0348. The monoisotopic (exact) mass is 293 g/mol. The third-order valence-electron chi connectivity index (χ3n) is 3.15. The van der Waals surface area contributed by atoms with Gasteiger partial charge < -0.3 is 0 Å². The molecule has 0 amide bonds. The largest absolute Gasteiger partial charge is 0.279 e. The summed E-state index contributed by atoms with van der Waals surface area (Å²) in [7, 11) is 0. The Morgan fingerprint density at radius 1 is 1.05 bits per heavy atom. The summed E-state index contributed by atoms with van der Waals surface area (Å²) in [5.74, 6) is 5.12. The maximum absolute atomic E-state index is 11.8. The number of rotatable bonds is 5. The molecular weight excluding hydrogens is 278 g/mol. The van der Waals surface area contributed by atoms with E-state index < -0.39 is 4.92 Å². The zero-order valence-electron chi connectivity index (χ0n) is 12.0. The second kappa shape index (κ2) is 7.75. The highest BCUT2D eigenvalue weighted by Crippen LogP contribution is 2.12. The molecule has 0 aliphatic heterocycles. The standard InChI is InChI=1S/C18H15NO3/c20-18(16-11-13-17(14-12-16)19(21)22)10-6-2-5-9-15-7-3-1-4-8-15/h1,3-4,7-8,11-14H,2,5,9H2. The Balaban J connectivity index is 1.83. The number of nitrogens with zero attached hydrogens (tertiary/aromatic N) is 1. The van der Waals surface area contributed by atoms with Crippen LogP contribution in [0.5, 0.6) is 0 Å². The molecule has 0 saturated heterocycles. The number of nitro benzene ring substituents is 1. The van der Waals surface area contributed by atoms with Gasteiger partial charge in [0.15, 0.2) is 0 Å². The average molecular weight is 293 g/mol. The van der Waals surface area contributed by atoms with E-state index in [4.69, 9.17) is 0 Å². The maximum Gasteiger partial charge on any atom is 0.269 e. The van der Waals surface area contributed by atoms with Gasteiger partial charge in [-0.15, -0.1) is 0 Å². The number of carbonyl (C=O) groups is 1. The summed E-state index contributed by atoms with van der Waals surface area (Å²) in [4.78, 5) is 21.9. The van der Waals surface area contributed by atoms with Crippen molar-refractivity contribution in [3.8, 4) is 11.8 Å². The molecule has 0 spiro atoms. The van der Waals surface area contributed by atoms with Crippen molar-refractivity contribution in [1.82, 2.24) is 0 Å². The van der Waals surface area contributed by atoms with E-state index in [2.05, 4.69) is 24.0 Å². The Morgan fingerprint density at radius 3 is 2.36 bits per heavy atom. The average Bonchev–Trinajstić information content (AvgIpc) is 2.55. The fourth-order valence-corrected chi connectivity index (χ4v) is 1.98. The van der Waals surface area contributed by atoms with Gasteiger partial charge >= 0.3 is 0 Å². The van der Waals surface area contributed by atoms with Crippen LogP contribution < -0.4 is 0 Å². The Kier molecular flexibility index (Phi) is 5.44. The van der Waals surface area contributed by atoms with Crippen LogP contribution in [0.1, 0.15) is 28.8 Å². The quantitative estimate of drug-likeness (QED) is 0.210. The van der Waals surface area contributed by atoms with E-state index in [1.807, 2.05) is 18.2 Å². The molecule has 2 aromatic rings. The SMILES string of the molecule is O=C(C#CCCCc1ccccc1)c1ccc([N+](=O)[O-])cc1. The lowest BCUT2D eigenvalue weighted by molar-refractivity contribution is -0.384. The van der Waals surface area contributed by atoms with Gasteiger partial charge in [-0.2, -0.15) is 0 Å². The third kappa shape index (κ3) is 4.57. The molecule has 4 heteroatoms. The minimum Gasteiger partial charge on any atom is -0.279 e. The fraction of sp³-hybridized carbons (Fsp3) is 0.167. The normalized spacial score (nSPS) is 9.64. The summed E-state index contributed by atoms with van der Waals surface area (Å²) in [6, 6.07) is 15.6. The van der Waals surface area contributed by atoms with Crippen LogP contribution in [-0.2, 0) is 6.42 Å². The lowest BCUT2D eigenvalue weighted by Crippen LogP contribution is -1.95. The molecule has 0 aliphatic carbocycles. The summed E-state index contributed by atoms with van der Waals surface area (Å²) in [6.07, 6.45) is 2.47. The van der Waals surface area contributed by atoms with Crippen LogP contribution in [0.25, 0.3) is 0 Å². The topological polar surface area (TPSA) is 60.2 Å². The third-order valence-corrected chi connectivity index (χ3v) is 3.15. The highest BCUT2D eigenvalue weighted by atomic mass is 16.6. The molecule has 110 valence electrons. The molecule has 0 unspecified atom stereocenters. The predicted octanol–water partition coefficient (Wildman–Crippen LogP) is 3.80.